The predicted octanol–water partition coefficient (Wildman–Crippen LogP) is 4.47. The molecule has 1 aromatic rings. The Labute approximate surface area is 197 Å². The molecule has 0 aromatic heterocycles. The molecule has 2 fully saturated rings. The number of benzene rings is 1. The monoisotopic (exact) mass is 454 g/mol. The summed E-state index contributed by atoms with van der Waals surface area (Å²) in [5.74, 6) is 2.75. The molecule has 0 unspecified atom stereocenters. The van der Waals surface area contributed by atoms with Crippen LogP contribution in [0.4, 0.5) is 0 Å². The van der Waals surface area contributed by atoms with Gasteiger partial charge >= 0.3 is 0 Å². The zero-order chi connectivity index (χ0) is 23.6. The van der Waals surface area contributed by atoms with Gasteiger partial charge in [0.15, 0.2) is 11.5 Å². The van der Waals surface area contributed by atoms with E-state index in [2.05, 4.69) is 25.2 Å². The van der Waals surface area contributed by atoms with Gasteiger partial charge in [0, 0.05) is 26.4 Å². The number of nitrogens with zero attached hydrogens (tertiary/aromatic N) is 1. The first kappa shape index (κ1) is 23.7. The summed E-state index contributed by atoms with van der Waals surface area (Å²) in [5, 5.41) is 2.93. The summed E-state index contributed by atoms with van der Waals surface area (Å²) in [5.41, 5.74) is 2.89. The fraction of sp³-hybridized carbons (Fsp3) is 0.630. The molecule has 1 aliphatic heterocycles. The van der Waals surface area contributed by atoms with E-state index in [1.165, 1.54) is 25.3 Å². The van der Waals surface area contributed by atoms with Crippen molar-refractivity contribution in [3.8, 4) is 11.5 Å². The standard InChI is InChI=1S/C27H38N2O4/c1-18(30)29(23-7-5-6-13-28-26(23)31)17-19-8-11-24(25(15-19)32-4)33-14-12-20-9-10-21-16-22(20)27(21,2)3/h8-9,11,15,21-23H,5-7,10,12-14,16-17H2,1-4H3,(H,28,31)/t21-,22-,23-/m0/s1. The van der Waals surface area contributed by atoms with Gasteiger partial charge in [-0.05, 0) is 67.1 Å². The number of nitrogens with one attached hydrogen (secondary N) is 1. The van der Waals surface area contributed by atoms with Gasteiger partial charge in [-0.3, -0.25) is 9.59 Å². The molecule has 3 atom stereocenters. The largest absolute Gasteiger partial charge is 0.493 e. The molecule has 33 heavy (non-hydrogen) atoms. The van der Waals surface area contributed by atoms with Crippen LogP contribution >= 0.6 is 0 Å². The topological polar surface area (TPSA) is 67.9 Å². The number of carbonyl (C=O) groups excluding carboxylic acids is 2. The van der Waals surface area contributed by atoms with Gasteiger partial charge in [0.25, 0.3) is 0 Å². The quantitative estimate of drug-likeness (QED) is 0.589. The second-order valence-corrected chi connectivity index (χ2v) is 10.4. The van der Waals surface area contributed by atoms with Crippen LogP contribution in [-0.2, 0) is 16.1 Å². The van der Waals surface area contributed by atoms with E-state index in [1.807, 2.05) is 18.2 Å². The van der Waals surface area contributed by atoms with Gasteiger partial charge in [0.1, 0.15) is 6.04 Å². The third-order valence-corrected chi connectivity index (χ3v) is 8.10. The third-order valence-electron chi connectivity index (χ3n) is 8.10. The van der Waals surface area contributed by atoms with Crippen LogP contribution in [0, 0.1) is 17.3 Å². The van der Waals surface area contributed by atoms with Crippen molar-refractivity contribution in [2.45, 2.75) is 71.9 Å². The molecule has 3 aliphatic carbocycles. The molecule has 1 saturated carbocycles. The van der Waals surface area contributed by atoms with Crippen molar-refractivity contribution in [1.82, 2.24) is 10.2 Å². The lowest BCUT2D eigenvalue weighted by Gasteiger charge is -2.56. The summed E-state index contributed by atoms with van der Waals surface area (Å²) < 4.78 is 11.7. The number of carbonyl (C=O) groups is 2. The van der Waals surface area contributed by atoms with Crippen molar-refractivity contribution in [3.63, 3.8) is 0 Å². The zero-order valence-corrected chi connectivity index (χ0v) is 20.5. The molecule has 2 amide bonds. The minimum atomic E-state index is -0.425. The summed E-state index contributed by atoms with van der Waals surface area (Å²) in [4.78, 5) is 26.5. The molecule has 2 bridgehead atoms. The third kappa shape index (κ3) is 4.90. The highest BCUT2D eigenvalue weighted by Gasteiger charge is 2.50. The zero-order valence-electron chi connectivity index (χ0n) is 20.5. The second kappa shape index (κ2) is 9.78. The summed E-state index contributed by atoms with van der Waals surface area (Å²) in [6, 6.07) is 5.37. The lowest BCUT2D eigenvalue weighted by atomic mass is 9.48. The highest BCUT2D eigenvalue weighted by molar-refractivity contribution is 5.87. The van der Waals surface area contributed by atoms with E-state index in [4.69, 9.17) is 9.47 Å². The highest BCUT2D eigenvalue weighted by Crippen LogP contribution is 2.59. The average Bonchev–Trinajstić information content (AvgIpc) is 3.02. The number of hydrogen-bond acceptors (Lipinski definition) is 4. The molecular formula is C27H38N2O4. The molecule has 1 saturated heterocycles. The minimum absolute atomic E-state index is 0.0624. The van der Waals surface area contributed by atoms with Crippen LogP contribution in [0.5, 0.6) is 11.5 Å². The van der Waals surface area contributed by atoms with Crippen LogP contribution in [0.25, 0.3) is 0 Å². The Balaban J connectivity index is 1.39. The van der Waals surface area contributed by atoms with E-state index in [-0.39, 0.29) is 11.8 Å². The van der Waals surface area contributed by atoms with E-state index in [0.717, 1.165) is 30.7 Å². The van der Waals surface area contributed by atoms with Crippen molar-refractivity contribution < 1.29 is 19.1 Å². The maximum atomic E-state index is 12.5. The van der Waals surface area contributed by atoms with Gasteiger partial charge in [-0.1, -0.05) is 31.6 Å². The molecule has 1 aromatic carbocycles. The lowest BCUT2D eigenvalue weighted by molar-refractivity contribution is -0.139. The minimum Gasteiger partial charge on any atom is -0.493 e. The first-order valence-corrected chi connectivity index (χ1v) is 12.3. The Hall–Kier alpha value is -2.50. The number of allylic oxidation sites excluding steroid dienone is 1. The van der Waals surface area contributed by atoms with Crippen LogP contribution in [0.15, 0.2) is 29.8 Å². The molecule has 180 valence electrons. The van der Waals surface area contributed by atoms with E-state index in [9.17, 15) is 9.59 Å². The lowest BCUT2D eigenvalue weighted by Crippen LogP contribution is -2.48. The maximum absolute atomic E-state index is 12.5. The smallest absolute Gasteiger partial charge is 0.242 e. The number of hydrogen-bond donors (Lipinski definition) is 1. The Morgan fingerprint density at radius 1 is 1.24 bits per heavy atom. The van der Waals surface area contributed by atoms with Crippen LogP contribution < -0.4 is 14.8 Å². The Morgan fingerprint density at radius 3 is 2.76 bits per heavy atom. The van der Waals surface area contributed by atoms with Gasteiger partial charge in [0.2, 0.25) is 11.8 Å². The van der Waals surface area contributed by atoms with E-state index < -0.39 is 6.04 Å². The molecule has 6 nitrogen and oxygen atoms in total. The molecule has 1 N–H and O–H groups in total. The molecule has 4 aliphatic rings. The van der Waals surface area contributed by atoms with Crippen molar-refractivity contribution in [1.29, 1.82) is 0 Å². The summed E-state index contributed by atoms with van der Waals surface area (Å²) >= 11 is 0. The Kier molecular flexibility index (Phi) is 7.01. The first-order chi connectivity index (χ1) is 15.8. The molecule has 5 rings (SSSR count). The molecule has 6 heteroatoms. The van der Waals surface area contributed by atoms with Crippen LogP contribution in [0.2, 0.25) is 0 Å². The van der Waals surface area contributed by atoms with Crippen molar-refractivity contribution in [2.24, 2.45) is 17.3 Å². The predicted molar refractivity (Wildman–Crippen MR) is 128 cm³/mol. The maximum Gasteiger partial charge on any atom is 0.242 e. The second-order valence-electron chi connectivity index (χ2n) is 10.4. The van der Waals surface area contributed by atoms with Crippen LogP contribution in [0.3, 0.4) is 0 Å². The summed E-state index contributed by atoms with van der Waals surface area (Å²) in [7, 11) is 1.63. The summed E-state index contributed by atoms with van der Waals surface area (Å²) in [6.45, 7) is 7.99. The van der Waals surface area contributed by atoms with Crippen molar-refractivity contribution >= 4 is 11.8 Å². The van der Waals surface area contributed by atoms with E-state index in [1.54, 1.807) is 12.0 Å². The average molecular weight is 455 g/mol. The normalized spacial score (nSPS) is 25.8. The van der Waals surface area contributed by atoms with Gasteiger partial charge in [0.05, 0.1) is 13.7 Å². The van der Waals surface area contributed by atoms with E-state index in [0.29, 0.717) is 48.9 Å². The van der Waals surface area contributed by atoms with Crippen LogP contribution in [-0.4, -0.2) is 43.0 Å². The van der Waals surface area contributed by atoms with Gasteiger partial charge in [-0.2, -0.15) is 0 Å². The summed E-state index contributed by atoms with van der Waals surface area (Å²) in [6.07, 6.45) is 8.46. The van der Waals surface area contributed by atoms with Crippen molar-refractivity contribution in [2.75, 3.05) is 20.3 Å². The number of amides is 2. The number of methoxy groups -OCH3 is 1. The highest BCUT2D eigenvalue weighted by atomic mass is 16.5. The van der Waals surface area contributed by atoms with E-state index >= 15 is 0 Å². The van der Waals surface area contributed by atoms with Gasteiger partial charge in [-0.15, -0.1) is 0 Å². The fourth-order valence-electron chi connectivity index (χ4n) is 5.82. The SMILES string of the molecule is COc1cc(CN(C(C)=O)[C@H]2CCCCNC2=O)ccc1OCCC1=CC[C@H]2C[C@@H]1C2(C)C. The number of rotatable bonds is 8. The van der Waals surface area contributed by atoms with Crippen molar-refractivity contribution in [3.05, 3.63) is 35.4 Å². The number of ether oxygens (including phenoxy) is 2. The molecule has 0 radical (unpaired) electrons. The van der Waals surface area contributed by atoms with Gasteiger partial charge in [-0.25, -0.2) is 0 Å². The molecule has 1 heterocycles. The van der Waals surface area contributed by atoms with Crippen LogP contribution in [0.1, 0.15) is 64.9 Å². The Bertz CT molecular complexity index is 923. The first-order valence-electron chi connectivity index (χ1n) is 12.3. The Morgan fingerprint density at radius 2 is 2.06 bits per heavy atom. The molecular weight excluding hydrogens is 416 g/mol. The number of fused-ring (bicyclic) bond motifs is 1. The fourth-order valence-corrected chi connectivity index (χ4v) is 5.82. The van der Waals surface area contributed by atoms with Gasteiger partial charge < -0.3 is 19.7 Å². The molecule has 0 spiro atoms.